The second kappa shape index (κ2) is 5.58. The Bertz CT molecular complexity index is 130. The van der Waals surface area contributed by atoms with Gasteiger partial charge in [-0.05, 0) is 32.6 Å². The summed E-state index contributed by atoms with van der Waals surface area (Å²) >= 11 is 0. The SMILES string of the molecule is CC(OCC1CCOCC1)[C@@H](C)O. The highest BCUT2D eigenvalue weighted by Crippen LogP contribution is 2.15. The molecule has 2 atom stereocenters. The second-order valence-corrected chi connectivity index (χ2v) is 3.83. The van der Waals surface area contributed by atoms with Crippen LogP contribution in [0.5, 0.6) is 0 Å². The summed E-state index contributed by atoms with van der Waals surface area (Å²) in [4.78, 5) is 0. The third-order valence-electron chi connectivity index (χ3n) is 2.62. The quantitative estimate of drug-likeness (QED) is 0.720. The number of rotatable bonds is 4. The molecule has 0 saturated carbocycles. The lowest BCUT2D eigenvalue weighted by Gasteiger charge is -2.24. The van der Waals surface area contributed by atoms with Gasteiger partial charge in [0, 0.05) is 13.2 Å². The first kappa shape index (κ1) is 11.0. The van der Waals surface area contributed by atoms with Crippen LogP contribution in [0.4, 0.5) is 0 Å². The molecule has 1 rings (SSSR count). The van der Waals surface area contributed by atoms with E-state index in [1.807, 2.05) is 6.92 Å². The normalized spacial score (nSPS) is 24.2. The Labute approximate surface area is 80.0 Å². The van der Waals surface area contributed by atoms with Crippen molar-refractivity contribution in [1.29, 1.82) is 0 Å². The zero-order valence-corrected chi connectivity index (χ0v) is 8.53. The average molecular weight is 188 g/mol. The maximum atomic E-state index is 9.20. The van der Waals surface area contributed by atoms with E-state index in [0.717, 1.165) is 32.7 Å². The van der Waals surface area contributed by atoms with Crippen molar-refractivity contribution in [3.8, 4) is 0 Å². The predicted molar refractivity (Wildman–Crippen MR) is 50.6 cm³/mol. The summed E-state index contributed by atoms with van der Waals surface area (Å²) in [5.41, 5.74) is 0. The van der Waals surface area contributed by atoms with Gasteiger partial charge in [-0.15, -0.1) is 0 Å². The zero-order chi connectivity index (χ0) is 9.68. The van der Waals surface area contributed by atoms with E-state index in [9.17, 15) is 5.11 Å². The third-order valence-corrected chi connectivity index (χ3v) is 2.62. The van der Waals surface area contributed by atoms with E-state index >= 15 is 0 Å². The van der Waals surface area contributed by atoms with Crippen LogP contribution >= 0.6 is 0 Å². The number of aliphatic hydroxyl groups is 1. The van der Waals surface area contributed by atoms with E-state index in [1.165, 1.54) is 0 Å². The Balaban J connectivity index is 2.10. The molecule has 1 N–H and O–H groups in total. The van der Waals surface area contributed by atoms with E-state index in [4.69, 9.17) is 9.47 Å². The monoisotopic (exact) mass is 188 g/mol. The lowest BCUT2D eigenvalue weighted by molar-refractivity contribution is -0.0486. The maximum absolute atomic E-state index is 9.20. The summed E-state index contributed by atoms with van der Waals surface area (Å²) in [6, 6.07) is 0. The molecule has 0 bridgehead atoms. The Morgan fingerprint density at radius 1 is 1.38 bits per heavy atom. The molecule has 1 aliphatic rings. The number of aliphatic hydroxyl groups excluding tert-OH is 1. The number of hydrogen-bond donors (Lipinski definition) is 1. The maximum Gasteiger partial charge on any atom is 0.0803 e. The van der Waals surface area contributed by atoms with Gasteiger partial charge in [-0.25, -0.2) is 0 Å². The number of ether oxygens (including phenoxy) is 2. The van der Waals surface area contributed by atoms with Crippen LogP contribution in [0.2, 0.25) is 0 Å². The Kier molecular flexibility index (Phi) is 4.70. The predicted octanol–water partition coefficient (Wildman–Crippen LogP) is 1.20. The summed E-state index contributed by atoms with van der Waals surface area (Å²) < 4.78 is 10.8. The molecule has 0 amide bonds. The minimum atomic E-state index is -0.375. The molecule has 1 saturated heterocycles. The molecule has 0 spiro atoms. The molecule has 1 aliphatic heterocycles. The molecule has 0 aromatic rings. The van der Waals surface area contributed by atoms with E-state index in [0.29, 0.717) is 5.92 Å². The van der Waals surface area contributed by atoms with Crippen LogP contribution in [0.1, 0.15) is 26.7 Å². The van der Waals surface area contributed by atoms with E-state index < -0.39 is 0 Å². The first-order valence-electron chi connectivity index (χ1n) is 5.07. The summed E-state index contributed by atoms with van der Waals surface area (Å²) in [7, 11) is 0. The van der Waals surface area contributed by atoms with Gasteiger partial charge in [0.25, 0.3) is 0 Å². The van der Waals surface area contributed by atoms with Gasteiger partial charge in [-0.1, -0.05) is 0 Å². The van der Waals surface area contributed by atoms with Crippen LogP contribution in [-0.4, -0.2) is 37.1 Å². The lowest BCUT2D eigenvalue weighted by atomic mass is 10.0. The summed E-state index contributed by atoms with van der Waals surface area (Å²) in [5.74, 6) is 0.620. The summed E-state index contributed by atoms with van der Waals surface area (Å²) in [6.07, 6.45) is 1.75. The number of hydrogen-bond acceptors (Lipinski definition) is 3. The standard InChI is InChI=1S/C10H20O3/c1-8(11)9(2)13-7-10-3-5-12-6-4-10/h8-11H,3-7H2,1-2H3/t8-,9?/m1/s1. The van der Waals surface area contributed by atoms with Crippen molar-refractivity contribution in [2.75, 3.05) is 19.8 Å². The minimum absolute atomic E-state index is 0.0529. The Morgan fingerprint density at radius 3 is 2.54 bits per heavy atom. The molecular formula is C10H20O3. The molecule has 1 unspecified atom stereocenters. The van der Waals surface area contributed by atoms with Gasteiger partial charge in [-0.3, -0.25) is 0 Å². The van der Waals surface area contributed by atoms with E-state index in [-0.39, 0.29) is 12.2 Å². The van der Waals surface area contributed by atoms with Gasteiger partial charge in [0.15, 0.2) is 0 Å². The van der Waals surface area contributed by atoms with Crippen LogP contribution in [0, 0.1) is 5.92 Å². The van der Waals surface area contributed by atoms with Gasteiger partial charge in [0.1, 0.15) is 0 Å². The van der Waals surface area contributed by atoms with Gasteiger partial charge in [0.2, 0.25) is 0 Å². The van der Waals surface area contributed by atoms with Crippen molar-refractivity contribution in [2.24, 2.45) is 5.92 Å². The van der Waals surface area contributed by atoms with E-state index in [2.05, 4.69) is 0 Å². The van der Waals surface area contributed by atoms with Gasteiger partial charge < -0.3 is 14.6 Å². The first-order valence-corrected chi connectivity index (χ1v) is 5.07. The average Bonchev–Trinajstić information content (AvgIpc) is 2.15. The molecule has 0 aromatic heterocycles. The fourth-order valence-corrected chi connectivity index (χ4v) is 1.34. The lowest BCUT2D eigenvalue weighted by Crippen LogP contribution is -2.27. The van der Waals surface area contributed by atoms with Crippen LogP contribution in [0.15, 0.2) is 0 Å². The smallest absolute Gasteiger partial charge is 0.0803 e. The summed E-state index contributed by atoms with van der Waals surface area (Å²) in [5, 5.41) is 9.20. The molecule has 0 radical (unpaired) electrons. The van der Waals surface area contributed by atoms with E-state index in [1.54, 1.807) is 6.92 Å². The molecule has 1 heterocycles. The molecule has 3 nitrogen and oxygen atoms in total. The highest BCUT2D eigenvalue weighted by Gasteiger charge is 2.16. The molecule has 0 aromatic carbocycles. The highest BCUT2D eigenvalue weighted by molar-refractivity contribution is 4.64. The Hall–Kier alpha value is -0.120. The first-order chi connectivity index (χ1) is 6.20. The van der Waals surface area contributed by atoms with Crippen LogP contribution < -0.4 is 0 Å². The molecule has 3 heteroatoms. The molecule has 78 valence electrons. The highest BCUT2D eigenvalue weighted by atomic mass is 16.5. The van der Waals surface area contributed by atoms with Crippen molar-refractivity contribution in [3.05, 3.63) is 0 Å². The fraction of sp³-hybridized carbons (Fsp3) is 1.00. The van der Waals surface area contributed by atoms with Gasteiger partial charge in [0.05, 0.1) is 18.8 Å². The van der Waals surface area contributed by atoms with Crippen molar-refractivity contribution < 1.29 is 14.6 Å². The van der Waals surface area contributed by atoms with Crippen LogP contribution in [0.3, 0.4) is 0 Å². The fourth-order valence-electron chi connectivity index (χ4n) is 1.34. The largest absolute Gasteiger partial charge is 0.391 e. The minimum Gasteiger partial charge on any atom is -0.391 e. The topological polar surface area (TPSA) is 38.7 Å². The molecule has 13 heavy (non-hydrogen) atoms. The zero-order valence-electron chi connectivity index (χ0n) is 8.53. The van der Waals surface area contributed by atoms with Gasteiger partial charge >= 0.3 is 0 Å². The van der Waals surface area contributed by atoms with Crippen molar-refractivity contribution in [3.63, 3.8) is 0 Å². The van der Waals surface area contributed by atoms with Crippen molar-refractivity contribution in [1.82, 2.24) is 0 Å². The Morgan fingerprint density at radius 2 is 2.00 bits per heavy atom. The molecule has 0 aliphatic carbocycles. The molecular weight excluding hydrogens is 168 g/mol. The van der Waals surface area contributed by atoms with Gasteiger partial charge in [-0.2, -0.15) is 0 Å². The van der Waals surface area contributed by atoms with Crippen molar-refractivity contribution in [2.45, 2.75) is 38.9 Å². The van der Waals surface area contributed by atoms with Crippen LogP contribution in [0.25, 0.3) is 0 Å². The molecule has 1 fully saturated rings. The van der Waals surface area contributed by atoms with Crippen LogP contribution in [-0.2, 0) is 9.47 Å². The second-order valence-electron chi connectivity index (χ2n) is 3.83. The van der Waals surface area contributed by atoms with Crippen molar-refractivity contribution >= 4 is 0 Å². The third kappa shape index (κ3) is 4.07. The summed E-state index contributed by atoms with van der Waals surface area (Å²) in [6.45, 7) is 6.14.